The van der Waals surface area contributed by atoms with Gasteiger partial charge in [-0.05, 0) is 48.4 Å². The van der Waals surface area contributed by atoms with E-state index in [0.29, 0.717) is 11.1 Å². The largest absolute Gasteiger partial charge is 0.573 e. The Balaban J connectivity index is 1.59. The van der Waals surface area contributed by atoms with Crippen molar-refractivity contribution < 1.29 is 27.5 Å². The molecule has 3 atom stereocenters. The third kappa shape index (κ3) is 1.89. The molecule has 0 unspecified atom stereocenters. The Hall–Kier alpha value is -2.25. The maximum absolute atomic E-state index is 13.3. The fourth-order valence-electron chi connectivity index (χ4n) is 5.00. The number of hydrogen-bond donors (Lipinski definition) is 0. The van der Waals surface area contributed by atoms with Crippen molar-refractivity contribution in [2.24, 2.45) is 5.41 Å². The standard InChI is InChI=1S/C19H10Cl2F3NO3/c1-17-14-12-3-2-11(28-19(22,23)24)7-13(12)18(14,17)16(27)25(15(17)26)10-5-8(20)4-9(21)6-10/h2-7,14H,1H3/t14-,17+,18-/m1/s1. The van der Waals surface area contributed by atoms with Gasteiger partial charge in [-0.25, -0.2) is 4.90 Å². The number of piperidine rings is 1. The van der Waals surface area contributed by atoms with Gasteiger partial charge in [0.15, 0.2) is 0 Å². The highest BCUT2D eigenvalue weighted by atomic mass is 35.5. The van der Waals surface area contributed by atoms with Crippen LogP contribution in [0, 0.1) is 5.41 Å². The second-order valence-corrected chi connectivity index (χ2v) is 8.19. The van der Waals surface area contributed by atoms with Crippen LogP contribution in [0.2, 0.25) is 10.0 Å². The van der Waals surface area contributed by atoms with Gasteiger partial charge in [-0.3, -0.25) is 9.59 Å². The first-order chi connectivity index (χ1) is 13.0. The number of ether oxygens (including phenoxy) is 1. The van der Waals surface area contributed by atoms with E-state index in [-0.39, 0.29) is 21.7 Å². The maximum atomic E-state index is 13.3. The van der Waals surface area contributed by atoms with Crippen LogP contribution in [-0.2, 0) is 15.0 Å². The number of rotatable bonds is 2. The van der Waals surface area contributed by atoms with Crippen molar-refractivity contribution in [3.8, 4) is 5.75 Å². The minimum absolute atomic E-state index is 0.241. The summed E-state index contributed by atoms with van der Waals surface area (Å²) >= 11 is 12.0. The summed E-state index contributed by atoms with van der Waals surface area (Å²) < 4.78 is 41.7. The number of nitrogens with zero attached hydrogens (tertiary/aromatic N) is 1. The molecule has 1 saturated carbocycles. The van der Waals surface area contributed by atoms with E-state index in [4.69, 9.17) is 23.2 Å². The van der Waals surface area contributed by atoms with Crippen molar-refractivity contribution in [2.75, 3.05) is 4.90 Å². The average Bonchev–Trinajstić information content (AvgIpc) is 2.98. The summed E-state index contributed by atoms with van der Waals surface area (Å²) in [6, 6.07) is 8.25. The quantitative estimate of drug-likeness (QED) is 0.645. The predicted molar refractivity (Wildman–Crippen MR) is 94.6 cm³/mol. The second kappa shape index (κ2) is 5.02. The maximum Gasteiger partial charge on any atom is 0.573 e. The summed E-state index contributed by atoms with van der Waals surface area (Å²) in [5.74, 6) is -1.67. The van der Waals surface area contributed by atoms with Crippen molar-refractivity contribution in [1.82, 2.24) is 0 Å². The molecule has 28 heavy (non-hydrogen) atoms. The van der Waals surface area contributed by atoms with Crippen LogP contribution in [0.3, 0.4) is 0 Å². The molecule has 2 amide bonds. The minimum Gasteiger partial charge on any atom is -0.406 e. The van der Waals surface area contributed by atoms with Gasteiger partial charge < -0.3 is 4.74 Å². The third-order valence-corrected chi connectivity index (χ3v) is 6.47. The number of carbonyl (C=O) groups excluding carboxylic acids is 2. The van der Waals surface area contributed by atoms with Crippen LogP contribution in [0.15, 0.2) is 36.4 Å². The molecule has 1 spiro atoms. The SMILES string of the molecule is C[C@]12C(=O)N(c3cc(Cl)cc(Cl)c3)C(=O)[C@]13c1cc(OC(F)(F)F)ccc1[C@H]23. The number of halogens is 5. The van der Waals surface area contributed by atoms with Crippen molar-refractivity contribution >= 4 is 40.7 Å². The first-order valence-electron chi connectivity index (χ1n) is 8.27. The van der Waals surface area contributed by atoms with Crippen LogP contribution < -0.4 is 9.64 Å². The van der Waals surface area contributed by atoms with Crippen molar-refractivity contribution in [2.45, 2.75) is 24.6 Å². The zero-order valence-corrected chi connectivity index (χ0v) is 15.6. The zero-order chi connectivity index (χ0) is 20.2. The van der Waals surface area contributed by atoms with Crippen molar-refractivity contribution in [1.29, 1.82) is 0 Å². The summed E-state index contributed by atoms with van der Waals surface area (Å²) in [6.07, 6.45) is -4.85. The molecular formula is C19H10Cl2F3NO3. The van der Waals surface area contributed by atoms with Gasteiger partial charge in [-0.2, -0.15) is 0 Å². The Morgan fingerprint density at radius 2 is 1.68 bits per heavy atom. The highest BCUT2D eigenvalue weighted by molar-refractivity contribution is 6.37. The summed E-state index contributed by atoms with van der Waals surface area (Å²) in [7, 11) is 0. The predicted octanol–water partition coefficient (Wildman–Crippen LogP) is 4.82. The number of hydrogen-bond acceptors (Lipinski definition) is 3. The molecule has 0 N–H and O–H groups in total. The van der Waals surface area contributed by atoms with Gasteiger partial charge in [0.25, 0.3) is 0 Å². The Bertz CT molecular complexity index is 1080. The molecule has 2 aromatic rings. The van der Waals surface area contributed by atoms with Crippen LogP contribution >= 0.6 is 23.2 Å². The monoisotopic (exact) mass is 427 g/mol. The fraction of sp³-hybridized carbons (Fsp3) is 0.263. The van der Waals surface area contributed by atoms with E-state index in [1.807, 2.05) is 0 Å². The van der Waals surface area contributed by atoms with Gasteiger partial charge in [0.05, 0.1) is 16.5 Å². The van der Waals surface area contributed by atoms with Crippen LogP contribution in [0.4, 0.5) is 18.9 Å². The van der Waals surface area contributed by atoms with Crippen molar-refractivity contribution in [3.63, 3.8) is 0 Å². The lowest BCUT2D eigenvalue weighted by molar-refractivity contribution is -0.274. The fourth-order valence-corrected chi connectivity index (χ4v) is 5.52. The van der Waals surface area contributed by atoms with Crippen LogP contribution in [-0.4, -0.2) is 18.2 Å². The summed E-state index contributed by atoms with van der Waals surface area (Å²) in [4.78, 5) is 27.5. The highest BCUT2D eigenvalue weighted by Crippen LogP contribution is 2.86. The average molecular weight is 428 g/mol. The molecule has 0 bridgehead atoms. The number of amides is 2. The van der Waals surface area contributed by atoms with Gasteiger partial charge >= 0.3 is 6.36 Å². The Kier molecular flexibility index (Phi) is 3.19. The molecule has 5 rings (SSSR count). The lowest BCUT2D eigenvalue weighted by Crippen LogP contribution is -2.42. The smallest absolute Gasteiger partial charge is 0.406 e. The molecule has 2 aliphatic carbocycles. The molecule has 0 aromatic heterocycles. The molecular weight excluding hydrogens is 418 g/mol. The van der Waals surface area contributed by atoms with E-state index in [0.717, 1.165) is 4.90 Å². The van der Waals surface area contributed by atoms with Crippen molar-refractivity contribution in [3.05, 3.63) is 57.6 Å². The molecule has 144 valence electrons. The van der Waals surface area contributed by atoms with E-state index in [1.54, 1.807) is 6.92 Å². The Labute approximate surface area is 166 Å². The van der Waals surface area contributed by atoms with Gasteiger partial charge in [-0.15, -0.1) is 13.2 Å². The Morgan fingerprint density at radius 1 is 1.04 bits per heavy atom. The lowest BCUT2D eigenvalue weighted by Gasteiger charge is -2.31. The van der Waals surface area contributed by atoms with E-state index in [9.17, 15) is 22.8 Å². The molecule has 4 nitrogen and oxygen atoms in total. The number of anilines is 1. The first-order valence-corrected chi connectivity index (χ1v) is 9.02. The molecule has 0 radical (unpaired) electrons. The molecule has 1 heterocycles. The third-order valence-electron chi connectivity index (χ3n) is 6.03. The first kappa shape index (κ1) is 17.8. The van der Waals surface area contributed by atoms with Crippen LogP contribution in [0.1, 0.15) is 24.0 Å². The molecule has 1 saturated heterocycles. The van der Waals surface area contributed by atoms with E-state index in [1.165, 1.54) is 36.4 Å². The normalized spacial score (nSPS) is 29.8. The summed E-state index contributed by atoms with van der Waals surface area (Å²) in [5, 5.41) is 0.524. The number of fused-ring (bicyclic) bond motifs is 3. The molecule has 1 aliphatic heterocycles. The van der Waals surface area contributed by atoms with Gasteiger partial charge in [-0.1, -0.05) is 29.3 Å². The van der Waals surface area contributed by atoms with E-state index in [2.05, 4.69) is 4.74 Å². The number of alkyl halides is 3. The summed E-state index contributed by atoms with van der Waals surface area (Å²) in [5.41, 5.74) is -0.875. The molecule has 3 aliphatic rings. The zero-order valence-electron chi connectivity index (χ0n) is 14.1. The van der Waals surface area contributed by atoms with E-state index >= 15 is 0 Å². The second-order valence-electron chi connectivity index (χ2n) is 7.31. The van der Waals surface area contributed by atoms with Crippen LogP contribution in [0.25, 0.3) is 0 Å². The summed E-state index contributed by atoms with van der Waals surface area (Å²) in [6.45, 7) is 1.66. The molecule has 9 heteroatoms. The molecule has 2 aromatic carbocycles. The highest BCUT2D eigenvalue weighted by Gasteiger charge is 2.93. The van der Waals surface area contributed by atoms with E-state index < -0.39 is 34.8 Å². The minimum atomic E-state index is -4.85. The number of imide groups is 1. The van der Waals surface area contributed by atoms with Gasteiger partial charge in [0.1, 0.15) is 5.75 Å². The van der Waals surface area contributed by atoms with Gasteiger partial charge in [0, 0.05) is 16.0 Å². The van der Waals surface area contributed by atoms with Gasteiger partial charge in [0.2, 0.25) is 11.8 Å². The van der Waals surface area contributed by atoms with Crippen LogP contribution in [0.5, 0.6) is 5.75 Å². The topological polar surface area (TPSA) is 46.6 Å². The number of carbonyl (C=O) groups is 2. The molecule has 2 fully saturated rings. The lowest BCUT2D eigenvalue weighted by atomic mass is 9.76. The Morgan fingerprint density at radius 3 is 2.29 bits per heavy atom. The number of benzene rings is 2.